The zero-order valence-corrected chi connectivity index (χ0v) is 19.5. The van der Waals surface area contributed by atoms with Crippen LogP contribution in [-0.4, -0.2) is 37.8 Å². The molecule has 1 unspecified atom stereocenters. The van der Waals surface area contributed by atoms with Crippen LogP contribution in [0.3, 0.4) is 0 Å². The van der Waals surface area contributed by atoms with Gasteiger partial charge in [0, 0.05) is 24.3 Å². The molecule has 0 saturated carbocycles. The first-order valence-corrected chi connectivity index (χ1v) is 11.7. The number of rotatable bonds is 9. The van der Waals surface area contributed by atoms with E-state index in [1.165, 1.54) is 17.1 Å². The minimum Gasteiger partial charge on any atom is -0.497 e. The molecule has 1 amide bonds. The Bertz CT molecular complexity index is 1150. The maximum absolute atomic E-state index is 12.7. The molecule has 0 fully saturated rings. The van der Waals surface area contributed by atoms with Gasteiger partial charge in [0.1, 0.15) is 10.6 Å². The lowest BCUT2D eigenvalue weighted by molar-refractivity contribution is -0.121. The molecule has 10 heteroatoms. The molecule has 0 radical (unpaired) electrons. The Hall–Kier alpha value is -2.69. The van der Waals surface area contributed by atoms with Crippen molar-refractivity contribution in [1.82, 2.24) is 19.8 Å². The normalized spacial score (nSPS) is 12.4. The third-order valence-electron chi connectivity index (χ3n) is 4.54. The smallest absolute Gasteiger partial charge is 0.243 e. The Balaban J connectivity index is 1.74. The van der Waals surface area contributed by atoms with Crippen molar-refractivity contribution >= 4 is 31.9 Å². The minimum atomic E-state index is -3.76. The monoisotopic (exact) mass is 506 g/mol. The number of benzene rings is 2. The van der Waals surface area contributed by atoms with Crippen LogP contribution in [0.1, 0.15) is 17.2 Å². The summed E-state index contributed by atoms with van der Waals surface area (Å²) in [6.45, 7) is -0.00517. The van der Waals surface area contributed by atoms with Crippen molar-refractivity contribution in [2.24, 2.45) is 7.05 Å². The third kappa shape index (κ3) is 6.39. The van der Waals surface area contributed by atoms with Crippen LogP contribution in [0.25, 0.3) is 0 Å². The lowest BCUT2D eigenvalue weighted by Gasteiger charge is -2.20. The molecule has 31 heavy (non-hydrogen) atoms. The van der Waals surface area contributed by atoms with Crippen LogP contribution in [0.15, 0.2) is 70.3 Å². The van der Waals surface area contributed by atoms with Crippen LogP contribution in [0.4, 0.5) is 0 Å². The average molecular weight is 507 g/mol. The molecule has 1 atom stereocenters. The van der Waals surface area contributed by atoms with Gasteiger partial charge in [-0.2, -0.15) is 5.10 Å². The maximum Gasteiger partial charge on any atom is 0.243 e. The summed E-state index contributed by atoms with van der Waals surface area (Å²) < 4.78 is 35.2. The number of halogens is 1. The van der Waals surface area contributed by atoms with Crippen LogP contribution >= 0.6 is 15.9 Å². The predicted octanol–water partition coefficient (Wildman–Crippen LogP) is 2.57. The molecule has 0 aliphatic heterocycles. The number of carbonyl (C=O) groups is 1. The molecule has 3 aromatic rings. The van der Waals surface area contributed by atoms with Gasteiger partial charge in [0.15, 0.2) is 0 Å². The van der Waals surface area contributed by atoms with E-state index in [2.05, 4.69) is 31.1 Å². The predicted molar refractivity (Wildman–Crippen MR) is 120 cm³/mol. The molecule has 8 nitrogen and oxygen atoms in total. The number of hydrogen-bond acceptors (Lipinski definition) is 5. The standard InChI is InChI=1S/C21H23BrN4O4S/c1-26-14-19(12-23-26)31(28,29)24-13-20(16-6-4-3-5-7-16)25-21(27)10-15-8-17(22)11-18(9-15)30-2/h3-9,11-12,14,20,24H,10,13H2,1-2H3,(H,25,27). The van der Waals surface area contributed by atoms with Crippen molar-refractivity contribution in [3.8, 4) is 5.75 Å². The second-order valence-corrected chi connectivity index (χ2v) is 9.59. The molecule has 1 heterocycles. The molecule has 1 aromatic heterocycles. The SMILES string of the molecule is COc1cc(Br)cc(CC(=O)NC(CNS(=O)(=O)c2cnn(C)c2)c2ccccc2)c1. The Kier molecular flexibility index (Phi) is 7.47. The van der Waals surface area contributed by atoms with Crippen LogP contribution in [-0.2, 0) is 28.3 Å². The fourth-order valence-electron chi connectivity index (χ4n) is 3.02. The van der Waals surface area contributed by atoms with Crippen molar-refractivity contribution in [3.05, 3.63) is 76.5 Å². The molecular formula is C21H23BrN4O4S. The van der Waals surface area contributed by atoms with E-state index < -0.39 is 16.1 Å². The van der Waals surface area contributed by atoms with Gasteiger partial charge in [-0.05, 0) is 29.3 Å². The van der Waals surface area contributed by atoms with Gasteiger partial charge in [-0.3, -0.25) is 9.48 Å². The highest BCUT2D eigenvalue weighted by Gasteiger charge is 2.21. The van der Waals surface area contributed by atoms with Crippen molar-refractivity contribution in [2.45, 2.75) is 17.4 Å². The summed E-state index contributed by atoms with van der Waals surface area (Å²) in [5.74, 6) is 0.399. The number of nitrogens with zero attached hydrogens (tertiary/aromatic N) is 2. The van der Waals surface area contributed by atoms with E-state index in [9.17, 15) is 13.2 Å². The average Bonchev–Trinajstić information content (AvgIpc) is 3.18. The fraction of sp³-hybridized carbons (Fsp3) is 0.238. The molecule has 0 aliphatic rings. The molecule has 0 bridgehead atoms. The topological polar surface area (TPSA) is 102 Å². The first-order chi connectivity index (χ1) is 14.8. The van der Waals surface area contributed by atoms with E-state index in [4.69, 9.17) is 4.74 Å². The van der Waals surface area contributed by atoms with Crippen LogP contribution in [0.5, 0.6) is 5.75 Å². The lowest BCUT2D eigenvalue weighted by Crippen LogP contribution is -2.38. The van der Waals surface area contributed by atoms with Crippen molar-refractivity contribution in [3.63, 3.8) is 0 Å². The van der Waals surface area contributed by atoms with Crippen molar-refractivity contribution in [1.29, 1.82) is 0 Å². The number of sulfonamides is 1. The zero-order chi connectivity index (χ0) is 22.4. The molecule has 0 saturated heterocycles. The lowest BCUT2D eigenvalue weighted by atomic mass is 10.1. The van der Waals surface area contributed by atoms with E-state index in [1.807, 2.05) is 36.4 Å². The van der Waals surface area contributed by atoms with E-state index in [-0.39, 0.29) is 23.8 Å². The summed E-state index contributed by atoms with van der Waals surface area (Å²) in [6.07, 6.45) is 2.81. The van der Waals surface area contributed by atoms with Crippen LogP contribution in [0.2, 0.25) is 0 Å². The van der Waals surface area contributed by atoms with Gasteiger partial charge in [-0.1, -0.05) is 46.3 Å². The fourth-order valence-corrected chi connectivity index (χ4v) is 4.57. The Morgan fingerprint density at radius 3 is 2.61 bits per heavy atom. The first-order valence-electron chi connectivity index (χ1n) is 9.43. The first kappa shape index (κ1) is 23.0. The Morgan fingerprint density at radius 1 is 1.23 bits per heavy atom. The summed E-state index contributed by atoms with van der Waals surface area (Å²) in [7, 11) is -0.556. The van der Waals surface area contributed by atoms with E-state index in [1.54, 1.807) is 26.3 Å². The number of carbonyl (C=O) groups excluding carboxylic acids is 1. The van der Waals surface area contributed by atoms with Gasteiger partial charge in [0.2, 0.25) is 15.9 Å². The summed E-state index contributed by atoms with van der Waals surface area (Å²) in [5.41, 5.74) is 1.56. The van der Waals surface area contributed by atoms with E-state index in [0.29, 0.717) is 5.75 Å². The van der Waals surface area contributed by atoms with Gasteiger partial charge in [0.05, 0.1) is 25.8 Å². The number of hydrogen-bond donors (Lipinski definition) is 2. The molecule has 0 aliphatic carbocycles. The number of methoxy groups -OCH3 is 1. The van der Waals surface area contributed by atoms with E-state index >= 15 is 0 Å². The third-order valence-corrected chi connectivity index (χ3v) is 6.37. The summed E-state index contributed by atoms with van der Waals surface area (Å²) in [5, 5.41) is 6.82. The number of nitrogens with one attached hydrogen (secondary N) is 2. The van der Waals surface area contributed by atoms with Gasteiger partial charge < -0.3 is 10.1 Å². The molecule has 2 N–H and O–H groups in total. The van der Waals surface area contributed by atoms with Crippen LogP contribution < -0.4 is 14.8 Å². The highest BCUT2D eigenvalue weighted by molar-refractivity contribution is 9.10. The van der Waals surface area contributed by atoms with Gasteiger partial charge in [0.25, 0.3) is 0 Å². The number of aromatic nitrogens is 2. The van der Waals surface area contributed by atoms with Crippen LogP contribution in [0, 0.1) is 0 Å². The quantitative estimate of drug-likeness (QED) is 0.464. The number of ether oxygens (including phenoxy) is 1. The van der Waals surface area contributed by atoms with Crippen molar-refractivity contribution in [2.75, 3.05) is 13.7 Å². The van der Waals surface area contributed by atoms with E-state index in [0.717, 1.165) is 15.6 Å². The second-order valence-electron chi connectivity index (χ2n) is 6.91. The molecular weight excluding hydrogens is 484 g/mol. The number of amides is 1. The summed E-state index contributed by atoms with van der Waals surface area (Å²) in [6, 6.07) is 14.1. The van der Waals surface area contributed by atoms with Gasteiger partial charge >= 0.3 is 0 Å². The number of aryl methyl sites for hydroxylation is 1. The molecule has 164 valence electrons. The summed E-state index contributed by atoms with van der Waals surface area (Å²) >= 11 is 3.41. The zero-order valence-electron chi connectivity index (χ0n) is 17.1. The molecule has 2 aromatic carbocycles. The van der Waals surface area contributed by atoms with Crippen molar-refractivity contribution < 1.29 is 17.9 Å². The Morgan fingerprint density at radius 2 is 1.97 bits per heavy atom. The highest BCUT2D eigenvalue weighted by Crippen LogP contribution is 2.22. The second kappa shape index (κ2) is 10.1. The van der Waals surface area contributed by atoms with Gasteiger partial charge in [-0.15, -0.1) is 0 Å². The maximum atomic E-state index is 12.7. The molecule has 0 spiro atoms. The minimum absolute atomic E-state index is 0.00517. The largest absolute Gasteiger partial charge is 0.497 e. The highest BCUT2D eigenvalue weighted by atomic mass is 79.9. The molecule has 3 rings (SSSR count). The Labute approximate surface area is 189 Å². The van der Waals surface area contributed by atoms with Gasteiger partial charge in [-0.25, -0.2) is 13.1 Å². The summed E-state index contributed by atoms with van der Waals surface area (Å²) in [4.78, 5) is 12.8.